The average Bonchev–Trinajstić information content (AvgIpc) is 3.40. The molecule has 0 aliphatic carbocycles. The molecular weight excluding hydrogens is 450 g/mol. The van der Waals surface area contributed by atoms with Crippen LogP contribution in [0.2, 0.25) is 5.02 Å². The van der Waals surface area contributed by atoms with E-state index in [-0.39, 0.29) is 16.4 Å². The smallest absolute Gasteiger partial charge is 0.275 e. The van der Waals surface area contributed by atoms with Crippen molar-refractivity contribution in [3.63, 3.8) is 0 Å². The van der Waals surface area contributed by atoms with Crippen LogP contribution in [0.25, 0.3) is 10.8 Å². The minimum atomic E-state index is -0.442. The maximum Gasteiger partial charge on any atom is 0.275 e. The van der Waals surface area contributed by atoms with Crippen molar-refractivity contribution >= 4 is 52.0 Å². The SMILES string of the molecule is O=C(Nc1ccc(N2C(=O)c3ccccc3C2=O)c(Cl)c1)c1csc(-c2ncccn2)n1. The lowest BCUT2D eigenvalue weighted by molar-refractivity contribution is 0.0924. The molecule has 2 aromatic heterocycles. The van der Waals surface area contributed by atoms with E-state index in [9.17, 15) is 14.4 Å². The van der Waals surface area contributed by atoms with Gasteiger partial charge >= 0.3 is 0 Å². The van der Waals surface area contributed by atoms with Crippen molar-refractivity contribution in [1.29, 1.82) is 0 Å². The molecule has 1 N–H and O–H groups in total. The molecule has 32 heavy (non-hydrogen) atoms. The molecule has 1 aliphatic heterocycles. The molecule has 1 aliphatic rings. The number of hydrogen-bond acceptors (Lipinski definition) is 7. The topological polar surface area (TPSA) is 105 Å². The monoisotopic (exact) mass is 461 g/mol. The summed E-state index contributed by atoms with van der Waals surface area (Å²) in [6.07, 6.45) is 3.20. The molecule has 3 heterocycles. The van der Waals surface area contributed by atoms with Crippen LogP contribution in [0.4, 0.5) is 11.4 Å². The molecule has 0 saturated carbocycles. The molecule has 8 nitrogen and oxygen atoms in total. The number of benzene rings is 2. The maximum atomic E-state index is 12.7. The van der Waals surface area contributed by atoms with E-state index in [1.807, 2.05) is 0 Å². The molecule has 0 spiro atoms. The summed E-state index contributed by atoms with van der Waals surface area (Å²) in [6.45, 7) is 0. The van der Waals surface area contributed by atoms with Crippen molar-refractivity contribution in [1.82, 2.24) is 15.0 Å². The molecule has 0 saturated heterocycles. The molecule has 0 atom stereocenters. The first-order valence-electron chi connectivity index (χ1n) is 9.34. The maximum absolute atomic E-state index is 12.7. The second kappa shape index (κ2) is 7.95. The van der Waals surface area contributed by atoms with Gasteiger partial charge in [0.1, 0.15) is 5.69 Å². The number of fused-ring (bicyclic) bond motifs is 1. The Kier molecular flexibility index (Phi) is 4.96. The molecule has 0 radical (unpaired) electrons. The highest BCUT2D eigenvalue weighted by Gasteiger charge is 2.37. The van der Waals surface area contributed by atoms with E-state index in [2.05, 4.69) is 20.3 Å². The molecule has 0 unspecified atom stereocenters. The predicted octanol–water partition coefficient (Wildman–Crippen LogP) is 4.31. The molecule has 10 heteroatoms. The van der Waals surface area contributed by atoms with E-state index in [1.54, 1.807) is 54.2 Å². The summed E-state index contributed by atoms with van der Waals surface area (Å²) in [6, 6.07) is 12.8. The van der Waals surface area contributed by atoms with Gasteiger partial charge in [-0.15, -0.1) is 11.3 Å². The average molecular weight is 462 g/mol. The number of aromatic nitrogens is 3. The van der Waals surface area contributed by atoms with Crippen LogP contribution in [-0.4, -0.2) is 32.7 Å². The van der Waals surface area contributed by atoms with Crippen LogP contribution in [0.1, 0.15) is 31.2 Å². The number of anilines is 2. The number of halogens is 1. The van der Waals surface area contributed by atoms with E-state index in [0.717, 1.165) is 4.90 Å². The zero-order chi connectivity index (χ0) is 22.2. The van der Waals surface area contributed by atoms with Gasteiger partial charge in [0.2, 0.25) is 0 Å². The van der Waals surface area contributed by atoms with Gasteiger partial charge in [-0.25, -0.2) is 19.9 Å². The summed E-state index contributed by atoms with van der Waals surface area (Å²) in [5, 5.41) is 4.99. The van der Waals surface area contributed by atoms with Crippen molar-refractivity contribution in [2.75, 3.05) is 10.2 Å². The fourth-order valence-electron chi connectivity index (χ4n) is 3.26. The third kappa shape index (κ3) is 3.43. The standard InChI is InChI=1S/C22H12ClN5O3S/c23-15-10-12(26-19(29)16-11-32-20(27-16)18-24-8-3-9-25-18)6-7-17(15)28-21(30)13-4-1-2-5-14(13)22(28)31/h1-11H,(H,26,29). The van der Waals surface area contributed by atoms with Crippen molar-refractivity contribution in [2.45, 2.75) is 0 Å². The van der Waals surface area contributed by atoms with Gasteiger partial charge in [0.15, 0.2) is 10.8 Å². The Hall–Kier alpha value is -3.95. The van der Waals surface area contributed by atoms with E-state index in [0.29, 0.717) is 27.6 Å². The summed E-state index contributed by atoms with van der Waals surface area (Å²) in [4.78, 5) is 51.5. The number of carbonyl (C=O) groups is 3. The lowest BCUT2D eigenvalue weighted by atomic mass is 10.1. The van der Waals surface area contributed by atoms with Gasteiger partial charge in [0, 0.05) is 23.5 Å². The van der Waals surface area contributed by atoms with Crippen LogP contribution in [0.3, 0.4) is 0 Å². The van der Waals surface area contributed by atoms with E-state index >= 15 is 0 Å². The first kappa shape index (κ1) is 20.0. The Labute approximate surface area is 190 Å². The molecule has 3 amide bonds. The van der Waals surface area contributed by atoms with Crippen LogP contribution in [0.15, 0.2) is 66.3 Å². The van der Waals surface area contributed by atoms with Crippen molar-refractivity contribution < 1.29 is 14.4 Å². The number of amides is 3. The van der Waals surface area contributed by atoms with E-state index in [4.69, 9.17) is 11.6 Å². The second-order valence-electron chi connectivity index (χ2n) is 6.72. The Balaban J connectivity index is 1.36. The zero-order valence-electron chi connectivity index (χ0n) is 16.2. The summed E-state index contributed by atoms with van der Waals surface area (Å²) in [5.41, 5.74) is 1.50. The van der Waals surface area contributed by atoms with E-state index < -0.39 is 17.7 Å². The first-order valence-corrected chi connectivity index (χ1v) is 10.6. The fourth-order valence-corrected chi connectivity index (χ4v) is 4.27. The third-order valence-electron chi connectivity index (χ3n) is 4.73. The number of thiazole rings is 1. The Bertz CT molecular complexity index is 1350. The normalized spacial score (nSPS) is 12.7. The Morgan fingerprint density at radius 3 is 2.31 bits per heavy atom. The van der Waals surface area contributed by atoms with Gasteiger partial charge in [-0.2, -0.15) is 0 Å². The first-order chi connectivity index (χ1) is 15.5. The van der Waals surface area contributed by atoms with Crippen LogP contribution >= 0.6 is 22.9 Å². The highest BCUT2D eigenvalue weighted by Crippen LogP contribution is 2.35. The highest BCUT2D eigenvalue weighted by atomic mass is 35.5. The second-order valence-corrected chi connectivity index (χ2v) is 7.99. The van der Waals surface area contributed by atoms with Crippen LogP contribution in [-0.2, 0) is 0 Å². The number of hydrogen-bond donors (Lipinski definition) is 1. The molecule has 4 aromatic rings. The van der Waals surface area contributed by atoms with Crippen molar-refractivity contribution in [3.8, 4) is 10.8 Å². The minimum Gasteiger partial charge on any atom is -0.321 e. The number of carbonyl (C=O) groups excluding carboxylic acids is 3. The summed E-state index contributed by atoms with van der Waals surface area (Å²) in [5.74, 6) is -0.886. The lowest BCUT2D eigenvalue weighted by Gasteiger charge is -2.16. The number of nitrogens with one attached hydrogen (secondary N) is 1. The van der Waals surface area contributed by atoms with Crippen LogP contribution in [0, 0.1) is 0 Å². The van der Waals surface area contributed by atoms with Gasteiger partial charge < -0.3 is 5.32 Å². The molecule has 5 rings (SSSR count). The van der Waals surface area contributed by atoms with Crippen molar-refractivity contribution in [3.05, 3.63) is 88.1 Å². The molecule has 0 fully saturated rings. The number of rotatable bonds is 4. The summed E-state index contributed by atoms with van der Waals surface area (Å²) < 4.78 is 0. The van der Waals surface area contributed by atoms with Crippen LogP contribution in [0.5, 0.6) is 0 Å². The third-order valence-corrected chi connectivity index (χ3v) is 5.88. The largest absolute Gasteiger partial charge is 0.321 e. The lowest BCUT2D eigenvalue weighted by Crippen LogP contribution is -2.29. The van der Waals surface area contributed by atoms with Crippen molar-refractivity contribution in [2.24, 2.45) is 0 Å². The van der Waals surface area contributed by atoms with Gasteiger partial charge in [-0.05, 0) is 36.4 Å². The Morgan fingerprint density at radius 1 is 0.969 bits per heavy atom. The fraction of sp³-hybridized carbons (Fsp3) is 0. The molecular formula is C22H12ClN5O3S. The highest BCUT2D eigenvalue weighted by molar-refractivity contribution is 7.13. The molecule has 0 bridgehead atoms. The Morgan fingerprint density at radius 2 is 1.66 bits per heavy atom. The zero-order valence-corrected chi connectivity index (χ0v) is 17.7. The van der Waals surface area contributed by atoms with E-state index in [1.165, 1.54) is 23.5 Å². The van der Waals surface area contributed by atoms with Gasteiger partial charge in [0.25, 0.3) is 17.7 Å². The number of nitrogens with zero attached hydrogens (tertiary/aromatic N) is 4. The quantitative estimate of drug-likeness (QED) is 0.454. The van der Waals surface area contributed by atoms with Gasteiger partial charge in [-0.3, -0.25) is 14.4 Å². The predicted molar refractivity (Wildman–Crippen MR) is 120 cm³/mol. The summed E-state index contributed by atoms with van der Waals surface area (Å²) in [7, 11) is 0. The molecule has 156 valence electrons. The van der Waals surface area contributed by atoms with Gasteiger partial charge in [0.05, 0.1) is 21.8 Å². The van der Waals surface area contributed by atoms with Crippen LogP contribution < -0.4 is 10.2 Å². The molecule has 2 aromatic carbocycles. The summed E-state index contributed by atoms with van der Waals surface area (Å²) >= 11 is 7.62. The minimum absolute atomic E-state index is 0.147. The number of imide groups is 1. The van der Waals surface area contributed by atoms with Gasteiger partial charge in [-0.1, -0.05) is 23.7 Å².